The van der Waals surface area contributed by atoms with E-state index in [1.165, 1.54) is 0 Å². The van der Waals surface area contributed by atoms with Gasteiger partial charge in [0, 0.05) is 23.2 Å². The summed E-state index contributed by atoms with van der Waals surface area (Å²) < 4.78 is 10.6. The Kier molecular flexibility index (Phi) is 2.56. The number of aromatic nitrogens is 1. The molecule has 0 atom stereocenters. The number of hydrogen-bond donors (Lipinski definition) is 0. The van der Waals surface area contributed by atoms with Crippen LogP contribution < -0.4 is 20.0 Å². The van der Waals surface area contributed by atoms with Gasteiger partial charge in [-0.2, -0.15) is 0 Å². The third-order valence-corrected chi connectivity index (χ3v) is 3.77. The molecule has 92 valence electrons. The highest BCUT2D eigenvalue weighted by Crippen LogP contribution is 2.23. The van der Waals surface area contributed by atoms with Crippen molar-refractivity contribution in [3.05, 3.63) is 38.8 Å². The molecular weight excluding hydrogens is 248 g/mol. The zero-order chi connectivity index (χ0) is 12.7. The van der Waals surface area contributed by atoms with Crippen LogP contribution in [0.15, 0.2) is 22.5 Å². The lowest BCUT2D eigenvalue weighted by atomic mass is 10.1. The molecule has 3 rings (SSSR count). The predicted molar refractivity (Wildman–Crippen MR) is 69.7 cm³/mol. The normalized spacial score (nSPS) is 12.5. The van der Waals surface area contributed by atoms with Crippen molar-refractivity contribution in [2.75, 3.05) is 14.2 Å². The molecule has 0 radical (unpaired) electrons. The van der Waals surface area contributed by atoms with E-state index in [1.807, 2.05) is 24.4 Å². The minimum atomic E-state index is 0.753. The number of rotatable bonds is 3. The van der Waals surface area contributed by atoms with E-state index in [9.17, 15) is 0 Å². The van der Waals surface area contributed by atoms with Gasteiger partial charge in [-0.05, 0) is 6.92 Å². The Morgan fingerprint density at radius 3 is 2.61 bits per heavy atom. The third-order valence-electron chi connectivity index (χ3n) is 2.80. The Hall–Kier alpha value is -1.88. The van der Waals surface area contributed by atoms with Crippen molar-refractivity contribution in [1.29, 1.82) is 0 Å². The molecule has 2 aromatic rings. The number of thiazole rings is 1. The zero-order valence-electron chi connectivity index (χ0n) is 10.4. The molecule has 1 aromatic carbocycles. The molecule has 0 bridgehead atoms. The number of fused-ring (bicyclic) bond motifs is 1. The van der Waals surface area contributed by atoms with Crippen molar-refractivity contribution in [2.24, 2.45) is 4.99 Å². The minimum absolute atomic E-state index is 0.753. The van der Waals surface area contributed by atoms with Crippen LogP contribution in [0.3, 0.4) is 0 Å². The molecule has 0 N–H and O–H groups in total. The topological polar surface area (TPSA) is 43.7 Å². The Balaban J connectivity index is 2.22. The monoisotopic (exact) mass is 260 g/mol. The molecule has 2 heterocycles. The molecule has 0 spiro atoms. The summed E-state index contributed by atoms with van der Waals surface area (Å²) in [6.07, 6.45) is 0. The van der Waals surface area contributed by atoms with Gasteiger partial charge in [0.25, 0.3) is 0 Å². The van der Waals surface area contributed by atoms with Gasteiger partial charge in [0.05, 0.1) is 24.8 Å². The van der Waals surface area contributed by atoms with Gasteiger partial charge in [-0.1, -0.05) is 0 Å². The molecular formula is C13H12N2O2S. The first-order valence-corrected chi connectivity index (χ1v) is 6.38. The van der Waals surface area contributed by atoms with Crippen LogP contribution in [-0.2, 0) is 0 Å². The maximum atomic E-state index is 5.39. The van der Waals surface area contributed by atoms with Crippen LogP contribution in [0.1, 0.15) is 10.7 Å². The predicted octanol–water partition coefficient (Wildman–Crippen LogP) is 1.26. The average molecular weight is 260 g/mol. The van der Waals surface area contributed by atoms with E-state index in [-0.39, 0.29) is 0 Å². The zero-order valence-corrected chi connectivity index (χ0v) is 11.2. The van der Waals surface area contributed by atoms with E-state index in [0.717, 1.165) is 38.5 Å². The quantitative estimate of drug-likeness (QED) is 0.834. The Labute approximate surface area is 108 Å². The summed E-state index contributed by atoms with van der Waals surface area (Å²) in [7, 11) is 3.28. The Bertz CT molecular complexity index is 734. The van der Waals surface area contributed by atoms with Crippen molar-refractivity contribution in [1.82, 2.24) is 4.98 Å². The number of ether oxygens (including phenoxy) is 2. The first-order valence-electron chi connectivity index (χ1n) is 5.50. The van der Waals surface area contributed by atoms with Gasteiger partial charge in [-0.3, -0.25) is 0 Å². The lowest BCUT2D eigenvalue weighted by Gasteiger charge is -2.12. The fourth-order valence-electron chi connectivity index (χ4n) is 1.92. The molecule has 0 amide bonds. The number of hydrogen-bond acceptors (Lipinski definition) is 5. The van der Waals surface area contributed by atoms with Gasteiger partial charge < -0.3 is 9.47 Å². The summed E-state index contributed by atoms with van der Waals surface area (Å²) in [6, 6.07) is 3.77. The summed E-state index contributed by atoms with van der Waals surface area (Å²) >= 11 is 1.60. The van der Waals surface area contributed by atoms with Crippen LogP contribution in [-0.4, -0.2) is 19.2 Å². The van der Waals surface area contributed by atoms with Gasteiger partial charge in [0.2, 0.25) is 0 Å². The summed E-state index contributed by atoms with van der Waals surface area (Å²) in [4.78, 5) is 8.94. The van der Waals surface area contributed by atoms with E-state index in [2.05, 4.69) is 9.98 Å². The molecule has 0 aliphatic carbocycles. The third kappa shape index (κ3) is 1.59. The fraction of sp³-hybridized carbons (Fsp3) is 0.231. The van der Waals surface area contributed by atoms with Gasteiger partial charge in [-0.15, -0.1) is 11.3 Å². The Morgan fingerprint density at radius 1 is 1.17 bits per heavy atom. The number of aryl methyl sites for hydroxylation is 1. The van der Waals surface area contributed by atoms with Gasteiger partial charge in [0.1, 0.15) is 22.2 Å². The van der Waals surface area contributed by atoms with E-state index in [0.29, 0.717) is 0 Å². The molecule has 0 unspecified atom stereocenters. The molecule has 4 nitrogen and oxygen atoms in total. The maximum absolute atomic E-state index is 5.39. The number of benzene rings is 1. The van der Waals surface area contributed by atoms with Gasteiger partial charge in [0.15, 0.2) is 0 Å². The molecule has 5 heteroatoms. The van der Waals surface area contributed by atoms with E-state index in [4.69, 9.17) is 9.47 Å². The van der Waals surface area contributed by atoms with Crippen LogP contribution in [0.5, 0.6) is 11.5 Å². The van der Waals surface area contributed by atoms with Gasteiger partial charge >= 0.3 is 0 Å². The first-order chi connectivity index (χ1) is 8.72. The summed E-state index contributed by atoms with van der Waals surface area (Å²) in [6.45, 7) is 1.98. The molecule has 1 aliphatic heterocycles. The first kappa shape index (κ1) is 11.2. The highest BCUT2D eigenvalue weighted by Gasteiger charge is 2.18. The molecule has 0 saturated carbocycles. The second-order valence-corrected chi connectivity index (χ2v) is 4.84. The highest BCUT2D eigenvalue weighted by molar-refractivity contribution is 7.10. The highest BCUT2D eigenvalue weighted by atomic mass is 32.1. The minimum Gasteiger partial charge on any atom is -0.497 e. The number of nitrogens with zero attached hydrogens (tertiary/aromatic N) is 2. The molecule has 0 fully saturated rings. The van der Waals surface area contributed by atoms with Crippen molar-refractivity contribution in [2.45, 2.75) is 6.92 Å². The lowest BCUT2D eigenvalue weighted by molar-refractivity contribution is 0.390. The maximum Gasteiger partial charge on any atom is 0.142 e. The molecule has 0 saturated heterocycles. The van der Waals surface area contributed by atoms with Gasteiger partial charge in [-0.25, -0.2) is 9.98 Å². The fourth-order valence-corrected chi connectivity index (χ4v) is 2.71. The van der Waals surface area contributed by atoms with Crippen molar-refractivity contribution >= 4 is 17.0 Å². The van der Waals surface area contributed by atoms with Crippen molar-refractivity contribution in [3.8, 4) is 11.5 Å². The molecule has 1 aromatic heterocycles. The lowest BCUT2D eigenvalue weighted by Crippen LogP contribution is -2.36. The summed E-state index contributed by atoms with van der Waals surface area (Å²) in [5, 5.41) is 4.87. The standard InChI is InChI=1S/C13H12N2O2S/c1-7-6-18-13(14-7)12-11-9(15-12)4-8(16-2)5-10(11)17-3/h4-6H,1-3H3. The van der Waals surface area contributed by atoms with Crippen LogP contribution in [0.4, 0.5) is 0 Å². The van der Waals surface area contributed by atoms with E-state index >= 15 is 0 Å². The van der Waals surface area contributed by atoms with Crippen molar-refractivity contribution < 1.29 is 9.47 Å². The summed E-state index contributed by atoms with van der Waals surface area (Å²) in [5.41, 5.74) is 1.92. The SMILES string of the molecule is COc1cc(OC)c2c(c1)=NC=2c1nc(C)cs1. The van der Waals surface area contributed by atoms with Crippen LogP contribution in [0.25, 0.3) is 5.70 Å². The molecule has 1 aliphatic rings. The van der Waals surface area contributed by atoms with Crippen LogP contribution in [0.2, 0.25) is 0 Å². The van der Waals surface area contributed by atoms with E-state index < -0.39 is 0 Å². The Morgan fingerprint density at radius 2 is 2.00 bits per heavy atom. The second kappa shape index (κ2) is 4.10. The van der Waals surface area contributed by atoms with Crippen molar-refractivity contribution in [3.63, 3.8) is 0 Å². The summed E-state index contributed by atoms with van der Waals surface area (Å²) in [5.74, 6) is 1.53. The second-order valence-electron chi connectivity index (χ2n) is 3.98. The number of methoxy groups -OCH3 is 2. The van der Waals surface area contributed by atoms with E-state index in [1.54, 1.807) is 25.6 Å². The molecule has 18 heavy (non-hydrogen) atoms. The largest absolute Gasteiger partial charge is 0.497 e. The van der Waals surface area contributed by atoms with Crippen LogP contribution >= 0.6 is 11.3 Å². The van der Waals surface area contributed by atoms with Crippen LogP contribution in [0, 0.1) is 6.92 Å². The average Bonchev–Trinajstić information content (AvgIpc) is 2.76. The smallest absolute Gasteiger partial charge is 0.142 e.